The molecule has 108 valence electrons. The van der Waals surface area contributed by atoms with Crippen LogP contribution < -0.4 is 0 Å². The smallest absolute Gasteiger partial charge is 0.335 e. The molecule has 0 amide bonds. The van der Waals surface area contributed by atoms with Gasteiger partial charge in [-0.2, -0.15) is 0 Å². The van der Waals surface area contributed by atoms with Gasteiger partial charge in [0.25, 0.3) is 0 Å². The summed E-state index contributed by atoms with van der Waals surface area (Å²) in [4.78, 5) is 11.1. The van der Waals surface area contributed by atoms with Crippen molar-refractivity contribution in [2.75, 3.05) is 42.2 Å². The summed E-state index contributed by atoms with van der Waals surface area (Å²) in [6.07, 6.45) is -3.03. The maximum atomic E-state index is 11.1. The fraction of sp³-hybridized carbons (Fsp3) is 0.909. The molecule has 7 nitrogen and oxygen atoms in total. The topological polar surface area (TPSA) is 83.5 Å². The Morgan fingerprint density at radius 1 is 0.944 bits per heavy atom. The summed E-state index contributed by atoms with van der Waals surface area (Å²) in [6, 6.07) is 0. The molecule has 0 radical (unpaired) electrons. The van der Waals surface area contributed by atoms with E-state index in [4.69, 9.17) is 28.8 Å². The van der Waals surface area contributed by atoms with E-state index in [0.29, 0.717) is 0 Å². The monoisotopic (exact) mass is 266 g/mol. The predicted octanol–water partition coefficient (Wildman–Crippen LogP) is -0.223. The lowest BCUT2D eigenvalue weighted by Crippen LogP contribution is -2.52. The zero-order chi connectivity index (χ0) is 14.1. The maximum absolute atomic E-state index is 11.1. The molecule has 7 heteroatoms. The number of hydrogen-bond donors (Lipinski definition) is 1. The molecule has 0 aromatic carbocycles. The first-order valence-electron chi connectivity index (χ1n) is 5.40. The largest absolute Gasteiger partial charge is 0.479 e. The fourth-order valence-electron chi connectivity index (χ4n) is 1.76. The van der Waals surface area contributed by atoms with Crippen molar-refractivity contribution in [1.82, 2.24) is 0 Å². The van der Waals surface area contributed by atoms with Crippen LogP contribution in [0.2, 0.25) is 0 Å². The Balaban J connectivity index is 4.99. The van der Waals surface area contributed by atoms with E-state index in [2.05, 4.69) is 0 Å². The molecule has 0 heterocycles. The summed E-state index contributed by atoms with van der Waals surface area (Å²) in [6.45, 7) is 0.255. The Kier molecular flexibility index (Phi) is 8.86. The van der Waals surface area contributed by atoms with Crippen LogP contribution in [0.3, 0.4) is 0 Å². The molecule has 0 aliphatic heterocycles. The zero-order valence-electron chi connectivity index (χ0n) is 11.4. The molecule has 4 atom stereocenters. The highest BCUT2D eigenvalue weighted by molar-refractivity contribution is 5.73. The van der Waals surface area contributed by atoms with Gasteiger partial charge in [0.15, 0.2) is 6.10 Å². The Morgan fingerprint density at radius 3 is 1.78 bits per heavy atom. The van der Waals surface area contributed by atoms with Gasteiger partial charge >= 0.3 is 5.97 Å². The lowest BCUT2D eigenvalue weighted by Gasteiger charge is -2.33. The third kappa shape index (κ3) is 4.51. The number of aliphatic carboxylic acids is 1. The number of ether oxygens (including phenoxy) is 5. The van der Waals surface area contributed by atoms with Crippen molar-refractivity contribution in [2.24, 2.45) is 0 Å². The van der Waals surface area contributed by atoms with Crippen molar-refractivity contribution in [3.05, 3.63) is 0 Å². The Bertz CT molecular complexity index is 233. The highest BCUT2D eigenvalue weighted by Gasteiger charge is 2.39. The van der Waals surface area contributed by atoms with Crippen LogP contribution in [0.25, 0.3) is 0 Å². The van der Waals surface area contributed by atoms with Crippen LogP contribution in [-0.4, -0.2) is 77.6 Å². The van der Waals surface area contributed by atoms with Crippen LogP contribution in [0, 0.1) is 0 Å². The van der Waals surface area contributed by atoms with Gasteiger partial charge in [0.1, 0.15) is 18.3 Å². The average molecular weight is 266 g/mol. The zero-order valence-corrected chi connectivity index (χ0v) is 11.4. The second-order valence-corrected chi connectivity index (χ2v) is 3.62. The van der Waals surface area contributed by atoms with Crippen molar-refractivity contribution in [2.45, 2.75) is 24.4 Å². The molecule has 0 unspecified atom stereocenters. The minimum absolute atomic E-state index is 0.255. The summed E-state index contributed by atoms with van der Waals surface area (Å²) in [7, 11) is 7.16. The van der Waals surface area contributed by atoms with E-state index in [1.165, 1.54) is 35.5 Å². The van der Waals surface area contributed by atoms with E-state index in [1.807, 2.05) is 0 Å². The van der Waals surface area contributed by atoms with Crippen LogP contribution in [0.4, 0.5) is 0 Å². The normalized spacial score (nSPS) is 18.1. The van der Waals surface area contributed by atoms with E-state index >= 15 is 0 Å². The molecule has 0 fully saturated rings. The van der Waals surface area contributed by atoms with Gasteiger partial charge in [0, 0.05) is 35.5 Å². The minimum Gasteiger partial charge on any atom is -0.479 e. The molecule has 0 aromatic heterocycles. The van der Waals surface area contributed by atoms with Gasteiger partial charge in [-0.1, -0.05) is 0 Å². The molecule has 18 heavy (non-hydrogen) atoms. The maximum Gasteiger partial charge on any atom is 0.335 e. The molecule has 0 bridgehead atoms. The van der Waals surface area contributed by atoms with Crippen molar-refractivity contribution in [3.8, 4) is 0 Å². The van der Waals surface area contributed by atoms with E-state index in [1.54, 1.807) is 0 Å². The molecule has 0 spiro atoms. The quantitative estimate of drug-likeness (QED) is 0.585. The van der Waals surface area contributed by atoms with Gasteiger partial charge in [-0.15, -0.1) is 0 Å². The highest BCUT2D eigenvalue weighted by Crippen LogP contribution is 2.16. The third-order valence-corrected chi connectivity index (χ3v) is 2.66. The summed E-state index contributed by atoms with van der Waals surface area (Å²) < 4.78 is 25.6. The van der Waals surface area contributed by atoms with E-state index < -0.39 is 30.4 Å². The highest BCUT2D eigenvalue weighted by atomic mass is 16.6. The van der Waals surface area contributed by atoms with Gasteiger partial charge in [-0.25, -0.2) is 4.79 Å². The number of carbonyl (C=O) groups is 1. The number of rotatable bonds is 10. The fourth-order valence-corrected chi connectivity index (χ4v) is 1.76. The summed E-state index contributed by atoms with van der Waals surface area (Å²) in [5.41, 5.74) is 0. The van der Waals surface area contributed by atoms with Gasteiger partial charge in [-0.05, 0) is 0 Å². The van der Waals surface area contributed by atoms with E-state index in [0.717, 1.165) is 0 Å². The molecule has 0 aromatic rings. The summed E-state index contributed by atoms with van der Waals surface area (Å²) in [5.74, 6) is -1.13. The Morgan fingerprint density at radius 2 is 1.50 bits per heavy atom. The summed E-state index contributed by atoms with van der Waals surface area (Å²) in [5, 5.41) is 9.07. The molecule has 1 N–H and O–H groups in total. The van der Waals surface area contributed by atoms with Crippen LogP contribution >= 0.6 is 0 Å². The second-order valence-electron chi connectivity index (χ2n) is 3.62. The first-order valence-corrected chi connectivity index (χ1v) is 5.40. The number of carboxylic acid groups (broad SMARTS) is 1. The molecule has 0 rings (SSSR count). The van der Waals surface area contributed by atoms with Crippen LogP contribution in [0.15, 0.2) is 0 Å². The van der Waals surface area contributed by atoms with Gasteiger partial charge < -0.3 is 28.8 Å². The van der Waals surface area contributed by atoms with Crippen LogP contribution in [-0.2, 0) is 28.5 Å². The number of carboxylic acids is 1. The van der Waals surface area contributed by atoms with Gasteiger partial charge in [0.2, 0.25) is 0 Å². The lowest BCUT2D eigenvalue weighted by atomic mass is 10.0. The lowest BCUT2D eigenvalue weighted by molar-refractivity contribution is -0.180. The summed E-state index contributed by atoms with van der Waals surface area (Å²) >= 11 is 0. The number of methoxy groups -OCH3 is 5. The molecular weight excluding hydrogens is 244 g/mol. The first-order chi connectivity index (χ1) is 8.56. The van der Waals surface area contributed by atoms with Crippen LogP contribution in [0.1, 0.15) is 0 Å². The molecule has 0 aliphatic carbocycles. The first kappa shape index (κ1) is 17.3. The van der Waals surface area contributed by atoms with E-state index in [9.17, 15) is 4.79 Å². The predicted molar refractivity (Wildman–Crippen MR) is 62.7 cm³/mol. The van der Waals surface area contributed by atoms with E-state index in [-0.39, 0.29) is 6.61 Å². The standard InChI is InChI=1S/C11H22O7/c1-14-6-7(15-2)8(16-3)9(17-4)10(18-5)11(12)13/h7-10H,6H2,1-5H3,(H,12,13)/t7-,8-,9+,10-/m1/s1. The SMILES string of the molecule is COC[C@@H](OC)[C@@H](OC)[C@H](OC)[C@@H](OC)C(=O)O. The van der Waals surface area contributed by atoms with Crippen molar-refractivity contribution in [3.63, 3.8) is 0 Å². The average Bonchev–Trinajstić information content (AvgIpc) is 2.36. The van der Waals surface area contributed by atoms with Crippen LogP contribution in [0.5, 0.6) is 0 Å². The van der Waals surface area contributed by atoms with Crippen molar-refractivity contribution >= 4 is 5.97 Å². The van der Waals surface area contributed by atoms with Gasteiger partial charge in [-0.3, -0.25) is 0 Å². The minimum atomic E-state index is -1.14. The third-order valence-electron chi connectivity index (χ3n) is 2.66. The van der Waals surface area contributed by atoms with Crippen molar-refractivity contribution < 1.29 is 33.6 Å². The molecule has 0 saturated heterocycles. The van der Waals surface area contributed by atoms with Gasteiger partial charge in [0.05, 0.1) is 6.61 Å². The second kappa shape index (κ2) is 9.23. The molecule has 0 aliphatic rings. The number of hydrogen-bond acceptors (Lipinski definition) is 6. The molecular formula is C11H22O7. The van der Waals surface area contributed by atoms with Crippen molar-refractivity contribution in [1.29, 1.82) is 0 Å². The molecule has 0 saturated carbocycles. The Labute approximate surface area is 107 Å². The Hall–Kier alpha value is -0.730.